The molecule has 0 aromatic heterocycles. The van der Waals surface area contributed by atoms with Gasteiger partial charge in [-0.05, 0) is 49.2 Å². The molecule has 2 aliphatic heterocycles. The van der Waals surface area contributed by atoms with Crippen LogP contribution in [0.5, 0.6) is 11.5 Å². The molecule has 30 heavy (non-hydrogen) atoms. The van der Waals surface area contributed by atoms with Crippen LogP contribution in [-0.2, 0) is 20.0 Å². The molecule has 0 unspecified atom stereocenters. The Hall–Kier alpha value is -2.30. The second-order valence-electron chi connectivity index (χ2n) is 7.25. The topological polar surface area (TPSA) is 102 Å². The van der Waals surface area contributed by atoms with Gasteiger partial charge in [-0.25, -0.2) is 16.8 Å². The van der Waals surface area contributed by atoms with Gasteiger partial charge in [0.05, 0.1) is 9.79 Å². The second kappa shape index (κ2) is 8.44. The van der Waals surface area contributed by atoms with E-state index >= 15 is 0 Å². The summed E-state index contributed by atoms with van der Waals surface area (Å²) in [5.74, 6) is 0.881. The summed E-state index contributed by atoms with van der Waals surface area (Å²) in [6.45, 7) is 1.81. The summed E-state index contributed by atoms with van der Waals surface area (Å²) in [5, 5.41) is 0. The molecule has 1 saturated heterocycles. The van der Waals surface area contributed by atoms with E-state index in [9.17, 15) is 16.8 Å². The average Bonchev–Trinajstić information content (AvgIpc) is 3.04. The molecule has 1 N–H and O–H groups in total. The molecular formula is C20H24N2O6S2. The van der Waals surface area contributed by atoms with Crippen molar-refractivity contribution in [2.24, 2.45) is 0 Å². The van der Waals surface area contributed by atoms with Gasteiger partial charge >= 0.3 is 0 Å². The third-order valence-electron chi connectivity index (χ3n) is 5.13. The smallest absolute Gasteiger partial charge is 0.262 e. The number of nitrogens with zero attached hydrogens (tertiary/aromatic N) is 1. The maximum absolute atomic E-state index is 12.9. The Balaban J connectivity index is 1.51. The predicted octanol–water partition coefficient (Wildman–Crippen LogP) is 2.82. The van der Waals surface area contributed by atoms with Gasteiger partial charge in [0, 0.05) is 24.8 Å². The summed E-state index contributed by atoms with van der Waals surface area (Å²) in [5.41, 5.74) is 0.278. The Morgan fingerprint density at radius 2 is 1.33 bits per heavy atom. The van der Waals surface area contributed by atoms with Gasteiger partial charge in [-0.3, -0.25) is 4.72 Å². The Kier molecular flexibility index (Phi) is 5.90. The van der Waals surface area contributed by atoms with Gasteiger partial charge < -0.3 is 9.47 Å². The zero-order chi connectivity index (χ0) is 21.2. The Morgan fingerprint density at radius 1 is 0.733 bits per heavy atom. The lowest BCUT2D eigenvalue weighted by Gasteiger charge is -2.20. The fourth-order valence-electron chi connectivity index (χ4n) is 3.53. The third kappa shape index (κ3) is 4.40. The highest BCUT2D eigenvalue weighted by molar-refractivity contribution is 7.92. The summed E-state index contributed by atoms with van der Waals surface area (Å²) in [6, 6.07) is 10.2. The van der Waals surface area contributed by atoms with E-state index in [1.54, 1.807) is 6.07 Å². The van der Waals surface area contributed by atoms with Gasteiger partial charge in [-0.1, -0.05) is 12.8 Å². The van der Waals surface area contributed by atoms with Gasteiger partial charge in [0.25, 0.3) is 10.0 Å². The van der Waals surface area contributed by atoms with Crippen molar-refractivity contribution in [2.75, 3.05) is 31.0 Å². The molecule has 0 atom stereocenters. The number of ether oxygens (including phenoxy) is 2. The molecule has 0 radical (unpaired) electrons. The molecule has 2 aromatic carbocycles. The predicted molar refractivity (Wildman–Crippen MR) is 112 cm³/mol. The largest absolute Gasteiger partial charge is 0.486 e. The molecule has 0 aliphatic carbocycles. The van der Waals surface area contributed by atoms with Crippen molar-refractivity contribution >= 4 is 25.7 Å². The molecule has 0 amide bonds. The number of sulfonamides is 2. The summed E-state index contributed by atoms with van der Waals surface area (Å²) in [7, 11) is -7.45. The van der Waals surface area contributed by atoms with Crippen molar-refractivity contribution in [1.29, 1.82) is 0 Å². The van der Waals surface area contributed by atoms with Crippen LogP contribution in [0.4, 0.5) is 5.69 Å². The summed E-state index contributed by atoms with van der Waals surface area (Å²) >= 11 is 0. The first kappa shape index (κ1) is 21.0. The van der Waals surface area contributed by atoms with E-state index in [0.29, 0.717) is 37.8 Å². The molecule has 8 nitrogen and oxygen atoms in total. The number of nitrogens with one attached hydrogen (secondary N) is 1. The van der Waals surface area contributed by atoms with Crippen molar-refractivity contribution in [2.45, 2.75) is 35.5 Å². The molecule has 0 bridgehead atoms. The maximum Gasteiger partial charge on any atom is 0.262 e. The minimum atomic E-state index is -3.87. The minimum Gasteiger partial charge on any atom is -0.486 e. The summed E-state index contributed by atoms with van der Waals surface area (Å²) < 4.78 is 66.0. The van der Waals surface area contributed by atoms with Gasteiger partial charge in [0.15, 0.2) is 11.5 Å². The van der Waals surface area contributed by atoms with Gasteiger partial charge in [-0.15, -0.1) is 0 Å². The van der Waals surface area contributed by atoms with Crippen molar-refractivity contribution in [3.63, 3.8) is 0 Å². The Morgan fingerprint density at radius 3 is 2.00 bits per heavy atom. The van der Waals surface area contributed by atoms with Crippen LogP contribution in [0.25, 0.3) is 0 Å². The molecule has 1 fully saturated rings. The zero-order valence-corrected chi connectivity index (χ0v) is 18.0. The summed E-state index contributed by atoms with van der Waals surface area (Å²) in [6.07, 6.45) is 3.78. The fraction of sp³-hybridized carbons (Fsp3) is 0.400. The lowest BCUT2D eigenvalue weighted by atomic mass is 10.2. The Labute approximate surface area is 176 Å². The van der Waals surface area contributed by atoms with Gasteiger partial charge in [-0.2, -0.15) is 4.31 Å². The standard InChI is InChI=1S/C20H24N2O6S2/c23-29(24,18-9-10-19-20(15-18)28-14-13-27-19)21-16-5-7-17(8-6-16)30(25,26)22-11-3-1-2-4-12-22/h5-10,15,21H,1-4,11-14H2. The van der Waals surface area contributed by atoms with E-state index in [4.69, 9.17) is 9.47 Å². The molecular weight excluding hydrogens is 428 g/mol. The number of rotatable bonds is 5. The zero-order valence-electron chi connectivity index (χ0n) is 16.4. The number of benzene rings is 2. The highest BCUT2D eigenvalue weighted by Gasteiger charge is 2.25. The minimum absolute atomic E-state index is 0.0352. The van der Waals surface area contributed by atoms with Crippen LogP contribution in [0.15, 0.2) is 52.3 Å². The van der Waals surface area contributed by atoms with E-state index in [1.807, 2.05) is 0 Å². The van der Waals surface area contributed by atoms with E-state index in [2.05, 4.69) is 4.72 Å². The monoisotopic (exact) mass is 452 g/mol. The molecule has 2 aliphatic rings. The van der Waals surface area contributed by atoms with E-state index < -0.39 is 20.0 Å². The molecule has 10 heteroatoms. The quantitative estimate of drug-likeness (QED) is 0.749. The molecule has 2 aromatic rings. The SMILES string of the molecule is O=S(=O)(Nc1ccc(S(=O)(=O)N2CCCCCC2)cc1)c1ccc2c(c1)OCCO2. The summed E-state index contributed by atoms with van der Waals surface area (Å²) in [4.78, 5) is 0.194. The lowest BCUT2D eigenvalue weighted by molar-refractivity contribution is 0.171. The highest BCUT2D eigenvalue weighted by Crippen LogP contribution is 2.33. The fourth-order valence-corrected chi connectivity index (χ4v) is 6.12. The van der Waals surface area contributed by atoms with E-state index in [0.717, 1.165) is 25.7 Å². The first-order chi connectivity index (χ1) is 14.4. The Bertz CT molecular complexity index is 1110. The average molecular weight is 453 g/mol. The highest BCUT2D eigenvalue weighted by atomic mass is 32.2. The number of anilines is 1. The van der Waals surface area contributed by atoms with Crippen LogP contribution in [0.2, 0.25) is 0 Å². The maximum atomic E-state index is 12.9. The van der Waals surface area contributed by atoms with Gasteiger partial charge in [0.1, 0.15) is 13.2 Å². The van der Waals surface area contributed by atoms with Crippen molar-refractivity contribution in [3.8, 4) is 11.5 Å². The second-order valence-corrected chi connectivity index (χ2v) is 10.9. The third-order valence-corrected chi connectivity index (χ3v) is 8.43. The van der Waals surface area contributed by atoms with Crippen molar-refractivity contribution < 1.29 is 26.3 Å². The van der Waals surface area contributed by atoms with Crippen LogP contribution in [0, 0.1) is 0 Å². The van der Waals surface area contributed by atoms with Crippen LogP contribution < -0.4 is 14.2 Å². The molecule has 4 rings (SSSR count). The molecule has 162 valence electrons. The molecule has 2 heterocycles. The van der Waals surface area contributed by atoms with Crippen molar-refractivity contribution in [3.05, 3.63) is 42.5 Å². The van der Waals surface area contributed by atoms with E-state index in [1.165, 1.54) is 40.7 Å². The molecule has 0 saturated carbocycles. The van der Waals surface area contributed by atoms with Crippen LogP contribution in [0.3, 0.4) is 0 Å². The first-order valence-corrected chi connectivity index (χ1v) is 12.8. The number of hydrogen-bond donors (Lipinski definition) is 1. The number of fused-ring (bicyclic) bond motifs is 1. The normalized spacial score (nSPS) is 17.9. The first-order valence-electron chi connectivity index (χ1n) is 9.89. The van der Waals surface area contributed by atoms with Crippen LogP contribution >= 0.6 is 0 Å². The van der Waals surface area contributed by atoms with Gasteiger partial charge in [0.2, 0.25) is 10.0 Å². The lowest BCUT2D eigenvalue weighted by Crippen LogP contribution is -2.31. The van der Waals surface area contributed by atoms with E-state index in [-0.39, 0.29) is 15.5 Å². The van der Waals surface area contributed by atoms with Crippen LogP contribution in [0.1, 0.15) is 25.7 Å². The number of hydrogen-bond acceptors (Lipinski definition) is 6. The molecule has 0 spiro atoms. The van der Waals surface area contributed by atoms with Crippen LogP contribution in [-0.4, -0.2) is 47.4 Å². The van der Waals surface area contributed by atoms with Crippen molar-refractivity contribution in [1.82, 2.24) is 4.31 Å².